The number of nitrogens with zero attached hydrogens (tertiary/aromatic N) is 3. The summed E-state index contributed by atoms with van der Waals surface area (Å²) in [6.07, 6.45) is 4.36. The van der Waals surface area contributed by atoms with Crippen LogP contribution in [0.4, 0.5) is 5.95 Å². The molecule has 0 saturated carbocycles. The van der Waals surface area contributed by atoms with Crippen molar-refractivity contribution in [3.63, 3.8) is 0 Å². The zero-order valence-electron chi connectivity index (χ0n) is 15.9. The molecular formula is C20H24N4O2S. The van der Waals surface area contributed by atoms with Crippen molar-refractivity contribution in [3.8, 4) is 5.75 Å². The van der Waals surface area contributed by atoms with Crippen LogP contribution >= 0.6 is 11.8 Å². The van der Waals surface area contributed by atoms with Gasteiger partial charge in [-0.25, -0.2) is 4.68 Å². The van der Waals surface area contributed by atoms with Crippen LogP contribution in [0.2, 0.25) is 0 Å². The molecule has 0 spiro atoms. The number of carbonyl (C=O) groups is 1. The minimum Gasteiger partial charge on any atom is -0.494 e. The highest BCUT2D eigenvalue weighted by Crippen LogP contribution is 2.41. The molecule has 7 heteroatoms. The van der Waals surface area contributed by atoms with Crippen LogP contribution in [0.15, 0.2) is 40.7 Å². The minimum absolute atomic E-state index is 0.194. The van der Waals surface area contributed by atoms with Gasteiger partial charge in [-0.05, 0) is 42.7 Å². The van der Waals surface area contributed by atoms with Gasteiger partial charge in [0.15, 0.2) is 5.78 Å². The molecule has 6 nitrogen and oxygen atoms in total. The Morgan fingerprint density at radius 1 is 1.30 bits per heavy atom. The van der Waals surface area contributed by atoms with Gasteiger partial charge in [-0.3, -0.25) is 4.79 Å². The van der Waals surface area contributed by atoms with Gasteiger partial charge in [0.1, 0.15) is 11.8 Å². The number of carbonyl (C=O) groups excluding carboxylic acids is 1. The highest BCUT2D eigenvalue weighted by Gasteiger charge is 2.38. The summed E-state index contributed by atoms with van der Waals surface area (Å²) in [4.78, 5) is 17.5. The summed E-state index contributed by atoms with van der Waals surface area (Å²) in [7, 11) is 0. The molecule has 2 aromatic rings. The number of hydrogen-bond acceptors (Lipinski definition) is 6. The molecule has 0 bridgehead atoms. The average molecular weight is 385 g/mol. The van der Waals surface area contributed by atoms with Gasteiger partial charge in [0, 0.05) is 17.7 Å². The van der Waals surface area contributed by atoms with Gasteiger partial charge in [0.05, 0.1) is 6.61 Å². The first-order valence-corrected chi connectivity index (χ1v) is 10.6. The summed E-state index contributed by atoms with van der Waals surface area (Å²) in [6.45, 7) is 4.90. The van der Waals surface area contributed by atoms with Crippen LogP contribution in [-0.2, 0) is 4.79 Å². The molecule has 2 heterocycles. The van der Waals surface area contributed by atoms with Gasteiger partial charge in [-0.2, -0.15) is 4.98 Å². The number of aromatic nitrogens is 3. The van der Waals surface area contributed by atoms with Crippen LogP contribution in [0, 0.1) is 5.92 Å². The summed E-state index contributed by atoms with van der Waals surface area (Å²) in [6, 6.07) is 7.75. The third-order valence-corrected chi connectivity index (χ3v) is 5.49. The number of rotatable bonds is 5. The Bertz CT molecular complexity index is 888. The van der Waals surface area contributed by atoms with E-state index in [0.717, 1.165) is 35.4 Å². The lowest BCUT2D eigenvalue weighted by molar-refractivity contribution is -0.117. The zero-order chi connectivity index (χ0) is 19.0. The largest absolute Gasteiger partial charge is 0.494 e. The number of fused-ring (bicyclic) bond motifs is 1. The van der Waals surface area contributed by atoms with Gasteiger partial charge in [-0.1, -0.05) is 37.7 Å². The van der Waals surface area contributed by atoms with E-state index in [9.17, 15) is 4.79 Å². The normalized spacial score (nSPS) is 21.5. The molecule has 1 N–H and O–H groups in total. The van der Waals surface area contributed by atoms with Gasteiger partial charge in [0.25, 0.3) is 0 Å². The first-order valence-electron chi connectivity index (χ1n) is 9.37. The number of nitrogens with one attached hydrogen (secondary N) is 1. The van der Waals surface area contributed by atoms with Crippen molar-refractivity contribution in [1.29, 1.82) is 0 Å². The monoisotopic (exact) mass is 384 g/mol. The predicted molar refractivity (Wildman–Crippen MR) is 106 cm³/mol. The molecule has 2 atom stereocenters. The first-order chi connectivity index (χ1) is 13.1. The van der Waals surface area contributed by atoms with Crippen molar-refractivity contribution in [2.45, 2.75) is 44.3 Å². The lowest BCUT2D eigenvalue weighted by atomic mass is 9.81. The van der Waals surface area contributed by atoms with Crippen molar-refractivity contribution >= 4 is 23.5 Å². The van der Waals surface area contributed by atoms with E-state index < -0.39 is 0 Å². The van der Waals surface area contributed by atoms with Crippen LogP contribution in [-0.4, -0.2) is 33.4 Å². The van der Waals surface area contributed by atoms with Crippen molar-refractivity contribution < 1.29 is 9.53 Å². The fraction of sp³-hybridized carbons (Fsp3) is 0.450. The van der Waals surface area contributed by atoms with E-state index in [4.69, 9.17) is 4.74 Å². The van der Waals surface area contributed by atoms with Gasteiger partial charge < -0.3 is 10.1 Å². The number of thioether (sulfide) groups is 1. The summed E-state index contributed by atoms with van der Waals surface area (Å²) in [5.74, 6) is 2.08. The maximum absolute atomic E-state index is 12.9. The van der Waals surface area contributed by atoms with Gasteiger partial charge >= 0.3 is 0 Å². The van der Waals surface area contributed by atoms with Crippen LogP contribution in [0.1, 0.15) is 44.7 Å². The number of Topliss-reactive ketones (excluding diaryl/α,β-unsaturated/α-hetero) is 1. The van der Waals surface area contributed by atoms with Crippen molar-refractivity contribution in [2.24, 2.45) is 5.92 Å². The minimum atomic E-state index is -0.245. The van der Waals surface area contributed by atoms with E-state index in [1.807, 2.05) is 35.2 Å². The molecule has 142 valence electrons. The average Bonchev–Trinajstić information content (AvgIpc) is 3.07. The first kappa shape index (κ1) is 18.1. The number of allylic oxidation sites excluding steroid dienone is 2. The maximum Gasteiger partial charge on any atom is 0.227 e. The lowest BCUT2D eigenvalue weighted by Gasteiger charge is -2.34. The zero-order valence-corrected chi connectivity index (χ0v) is 16.7. The molecule has 2 aliphatic rings. The standard InChI is InChI=1S/C20H24N4O2S/c1-4-9-26-14-7-5-13(6-8-14)18-17-15(10-12(2)11-16(17)25)21-19-22-20(27-3)23-24(18)19/h5-8,12,18H,4,9-11H2,1-3H3,(H,21,22,23)/t12-,18+/m0/s1. The van der Waals surface area contributed by atoms with E-state index in [0.29, 0.717) is 30.1 Å². The van der Waals surface area contributed by atoms with Crippen LogP contribution in [0.3, 0.4) is 0 Å². The topological polar surface area (TPSA) is 69.0 Å². The van der Waals surface area contributed by atoms with Crippen LogP contribution in [0.5, 0.6) is 5.75 Å². The molecule has 0 amide bonds. The Morgan fingerprint density at radius 3 is 2.78 bits per heavy atom. The Morgan fingerprint density at radius 2 is 2.07 bits per heavy atom. The third-order valence-electron chi connectivity index (χ3n) is 4.96. The van der Waals surface area contributed by atoms with Crippen LogP contribution in [0.25, 0.3) is 0 Å². The number of ketones is 1. The number of benzene rings is 1. The maximum atomic E-state index is 12.9. The predicted octanol–water partition coefficient (Wildman–Crippen LogP) is 4.06. The Labute approximate surface area is 163 Å². The number of anilines is 1. The third kappa shape index (κ3) is 3.36. The van der Waals surface area contributed by atoms with E-state index in [1.165, 1.54) is 11.8 Å². The van der Waals surface area contributed by atoms with Crippen molar-refractivity contribution in [2.75, 3.05) is 18.2 Å². The molecule has 27 heavy (non-hydrogen) atoms. The summed E-state index contributed by atoms with van der Waals surface area (Å²) < 4.78 is 7.55. The van der Waals surface area contributed by atoms with Gasteiger partial charge in [0.2, 0.25) is 11.1 Å². The number of ether oxygens (including phenoxy) is 1. The fourth-order valence-corrected chi connectivity index (χ4v) is 4.10. The molecule has 4 rings (SSSR count). The second kappa shape index (κ2) is 7.38. The summed E-state index contributed by atoms with van der Waals surface area (Å²) in [5, 5.41) is 8.70. The van der Waals surface area contributed by atoms with Crippen LogP contribution < -0.4 is 10.1 Å². The Balaban J connectivity index is 1.77. The van der Waals surface area contributed by atoms with E-state index in [-0.39, 0.29) is 11.8 Å². The molecule has 0 fully saturated rings. The quantitative estimate of drug-likeness (QED) is 0.784. The Kier molecular flexibility index (Phi) is 4.95. The fourth-order valence-electron chi connectivity index (χ4n) is 3.75. The molecule has 1 aromatic carbocycles. The summed E-state index contributed by atoms with van der Waals surface area (Å²) in [5.41, 5.74) is 2.83. The molecule has 1 aliphatic carbocycles. The molecule has 0 unspecified atom stereocenters. The van der Waals surface area contributed by atoms with Crippen molar-refractivity contribution in [3.05, 3.63) is 41.1 Å². The highest BCUT2D eigenvalue weighted by molar-refractivity contribution is 7.98. The van der Waals surface area contributed by atoms with Gasteiger partial charge in [-0.15, -0.1) is 5.10 Å². The smallest absolute Gasteiger partial charge is 0.227 e. The van der Waals surface area contributed by atoms with Crippen molar-refractivity contribution in [1.82, 2.24) is 14.8 Å². The lowest BCUT2D eigenvalue weighted by Crippen LogP contribution is -2.33. The van der Waals surface area contributed by atoms with E-state index in [2.05, 4.69) is 29.2 Å². The number of hydrogen-bond donors (Lipinski definition) is 1. The summed E-state index contributed by atoms with van der Waals surface area (Å²) >= 11 is 1.50. The second-order valence-electron chi connectivity index (χ2n) is 7.14. The SMILES string of the molecule is CCCOc1ccc([C@@H]2C3=C(C[C@H](C)CC3=O)Nc3nc(SC)nn32)cc1. The molecule has 0 saturated heterocycles. The molecule has 0 radical (unpaired) electrons. The van der Waals surface area contributed by atoms with E-state index in [1.54, 1.807) is 0 Å². The highest BCUT2D eigenvalue weighted by atomic mass is 32.2. The molecule has 1 aliphatic heterocycles. The molecule has 1 aromatic heterocycles. The second-order valence-corrected chi connectivity index (χ2v) is 7.91. The molecular weight excluding hydrogens is 360 g/mol. The Hall–Kier alpha value is -2.28. The van der Waals surface area contributed by atoms with E-state index >= 15 is 0 Å².